The van der Waals surface area contributed by atoms with Crippen LogP contribution in [-0.4, -0.2) is 49.5 Å². The summed E-state index contributed by atoms with van der Waals surface area (Å²) >= 11 is 0. The number of anilines is 2. The van der Waals surface area contributed by atoms with E-state index in [-0.39, 0.29) is 12.0 Å². The third kappa shape index (κ3) is 4.09. The first-order valence-electron chi connectivity index (χ1n) is 9.56. The van der Waals surface area contributed by atoms with Crippen LogP contribution in [0.4, 0.5) is 11.4 Å². The minimum Gasteiger partial charge on any atom is -0.496 e. The molecule has 0 radical (unpaired) electrons. The molecule has 1 unspecified atom stereocenters. The summed E-state index contributed by atoms with van der Waals surface area (Å²) < 4.78 is 10.8. The fraction of sp³-hybridized carbons (Fsp3) is 0.273. The number of hydrogen-bond acceptors (Lipinski definition) is 5. The Labute approximate surface area is 169 Å². The molecular weight excluding hydrogens is 368 g/mol. The van der Waals surface area contributed by atoms with Gasteiger partial charge in [-0.25, -0.2) is 0 Å². The second kappa shape index (κ2) is 8.36. The first-order chi connectivity index (χ1) is 14.2. The molecule has 29 heavy (non-hydrogen) atoms. The summed E-state index contributed by atoms with van der Waals surface area (Å²) in [6, 6.07) is 17.1. The molecule has 1 aromatic heterocycles. The van der Waals surface area contributed by atoms with Crippen LogP contribution in [0.5, 0.6) is 5.75 Å². The predicted molar refractivity (Wildman–Crippen MR) is 113 cm³/mol. The number of benzene rings is 2. The van der Waals surface area contributed by atoms with Crippen molar-refractivity contribution >= 4 is 17.3 Å². The van der Waals surface area contributed by atoms with Crippen molar-refractivity contribution in [2.24, 2.45) is 0 Å². The number of methoxy groups -OCH3 is 2. The molecule has 2 aromatic carbocycles. The average Bonchev–Trinajstić information content (AvgIpc) is 3.44. The van der Waals surface area contributed by atoms with Crippen LogP contribution in [0.2, 0.25) is 0 Å². The summed E-state index contributed by atoms with van der Waals surface area (Å²) in [6.07, 6.45) is 1.32. The number of amides is 1. The zero-order valence-electron chi connectivity index (χ0n) is 16.5. The number of H-pyrrole nitrogens is 1. The molecule has 2 N–H and O–H groups in total. The summed E-state index contributed by atoms with van der Waals surface area (Å²) in [4.78, 5) is 14.9. The topological polar surface area (TPSA) is 79.5 Å². The van der Waals surface area contributed by atoms with E-state index in [1.54, 1.807) is 20.3 Å². The number of nitrogens with zero attached hydrogens (tertiary/aromatic N) is 2. The van der Waals surface area contributed by atoms with Crippen molar-refractivity contribution in [2.45, 2.75) is 12.5 Å². The largest absolute Gasteiger partial charge is 0.496 e. The highest BCUT2D eigenvalue weighted by Crippen LogP contribution is 2.28. The Balaban J connectivity index is 1.43. The van der Waals surface area contributed by atoms with Crippen molar-refractivity contribution in [3.63, 3.8) is 0 Å². The van der Waals surface area contributed by atoms with Crippen LogP contribution >= 0.6 is 0 Å². The van der Waals surface area contributed by atoms with Gasteiger partial charge >= 0.3 is 0 Å². The maximum atomic E-state index is 12.6. The monoisotopic (exact) mass is 392 g/mol. The number of rotatable bonds is 6. The number of carbonyl (C=O) groups is 1. The van der Waals surface area contributed by atoms with Gasteiger partial charge in [-0.15, -0.1) is 0 Å². The lowest BCUT2D eigenvalue weighted by atomic mass is 10.1. The molecule has 0 spiro atoms. The van der Waals surface area contributed by atoms with Crippen LogP contribution in [0.3, 0.4) is 0 Å². The Hall–Kier alpha value is -3.32. The Bertz CT molecular complexity index is 984. The molecule has 4 rings (SSSR count). The molecule has 2 heterocycles. The molecule has 3 aromatic rings. The molecule has 1 saturated heterocycles. The zero-order valence-corrected chi connectivity index (χ0v) is 16.5. The highest BCUT2D eigenvalue weighted by molar-refractivity contribution is 6.03. The number of ether oxygens (including phenoxy) is 2. The molecule has 0 bridgehead atoms. The second-order valence-corrected chi connectivity index (χ2v) is 6.96. The summed E-state index contributed by atoms with van der Waals surface area (Å²) in [7, 11) is 3.36. The van der Waals surface area contributed by atoms with Gasteiger partial charge in [0.2, 0.25) is 0 Å². The van der Waals surface area contributed by atoms with E-state index in [1.165, 1.54) is 0 Å². The Morgan fingerprint density at radius 1 is 1.17 bits per heavy atom. The fourth-order valence-corrected chi connectivity index (χ4v) is 3.54. The minimum atomic E-state index is -0.244. The molecule has 0 saturated carbocycles. The van der Waals surface area contributed by atoms with Crippen LogP contribution in [0.25, 0.3) is 11.3 Å². The molecule has 7 nitrogen and oxygen atoms in total. The fourth-order valence-electron chi connectivity index (χ4n) is 3.54. The minimum absolute atomic E-state index is 0.244. The molecule has 1 amide bonds. The zero-order chi connectivity index (χ0) is 20.2. The molecule has 1 aliphatic heterocycles. The molecule has 1 aliphatic rings. The van der Waals surface area contributed by atoms with Crippen LogP contribution < -0.4 is 15.0 Å². The standard InChI is InChI=1S/C22H24N4O3/c1-28-17-11-12-26(14-17)16-9-7-15(8-10-16)23-22(27)20-13-19(24-25-20)18-5-3-4-6-21(18)29-2/h3-10,13,17H,11-12,14H2,1-2H3,(H,23,27)(H,24,25). The Kier molecular flexibility index (Phi) is 5.48. The third-order valence-corrected chi connectivity index (χ3v) is 5.17. The van der Waals surface area contributed by atoms with Crippen molar-refractivity contribution < 1.29 is 14.3 Å². The molecule has 1 fully saturated rings. The quantitative estimate of drug-likeness (QED) is 0.671. The van der Waals surface area contributed by atoms with E-state index in [2.05, 4.69) is 20.4 Å². The summed E-state index contributed by atoms with van der Waals surface area (Å²) in [6.45, 7) is 1.87. The lowest BCUT2D eigenvalue weighted by Crippen LogP contribution is -2.22. The molecule has 7 heteroatoms. The van der Waals surface area contributed by atoms with E-state index in [0.29, 0.717) is 17.1 Å². The summed E-state index contributed by atoms with van der Waals surface area (Å²) in [5.41, 5.74) is 3.73. The summed E-state index contributed by atoms with van der Waals surface area (Å²) in [5.74, 6) is 0.464. The first-order valence-corrected chi connectivity index (χ1v) is 9.56. The van der Waals surface area contributed by atoms with Gasteiger partial charge in [-0.1, -0.05) is 12.1 Å². The predicted octanol–water partition coefficient (Wildman–Crippen LogP) is 3.56. The van der Waals surface area contributed by atoms with Gasteiger partial charge in [-0.05, 0) is 48.9 Å². The van der Waals surface area contributed by atoms with Gasteiger partial charge in [0.25, 0.3) is 5.91 Å². The van der Waals surface area contributed by atoms with Gasteiger partial charge < -0.3 is 19.7 Å². The average molecular weight is 392 g/mol. The Morgan fingerprint density at radius 3 is 2.69 bits per heavy atom. The van der Waals surface area contributed by atoms with E-state index in [4.69, 9.17) is 9.47 Å². The maximum absolute atomic E-state index is 12.6. The maximum Gasteiger partial charge on any atom is 0.273 e. The Morgan fingerprint density at radius 2 is 1.97 bits per heavy atom. The van der Waals surface area contributed by atoms with Gasteiger partial charge in [0.1, 0.15) is 11.4 Å². The highest BCUT2D eigenvalue weighted by Gasteiger charge is 2.22. The van der Waals surface area contributed by atoms with E-state index in [1.807, 2.05) is 48.5 Å². The lowest BCUT2D eigenvalue weighted by Gasteiger charge is -2.18. The van der Waals surface area contributed by atoms with Crippen LogP contribution in [-0.2, 0) is 4.74 Å². The molecule has 150 valence electrons. The molecule has 0 aliphatic carbocycles. The summed E-state index contributed by atoms with van der Waals surface area (Å²) in [5, 5.41) is 9.96. The number of para-hydroxylation sites is 1. The smallest absolute Gasteiger partial charge is 0.273 e. The van der Waals surface area contributed by atoms with E-state index >= 15 is 0 Å². The highest BCUT2D eigenvalue weighted by atomic mass is 16.5. The SMILES string of the molecule is COc1ccccc1-c1cc(C(=O)Nc2ccc(N3CCC(OC)C3)cc2)[nH]n1. The van der Waals surface area contributed by atoms with E-state index in [0.717, 1.165) is 36.4 Å². The van der Waals surface area contributed by atoms with Gasteiger partial charge in [0.15, 0.2) is 0 Å². The number of hydrogen-bond donors (Lipinski definition) is 2. The van der Waals surface area contributed by atoms with Gasteiger partial charge in [0.05, 0.1) is 18.9 Å². The normalized spacial score (nSPS) is 16.1. The lowest BCUT2D eigenvalue weighted by molar-refractivity contribution is 0.102. The second-order valence-electron chi connectivity index (χ2n) is 6.96. The number of aromatic nitrogens is 2. The van der Waals surface area contributed by atoms with Crippen molar-refractivity contribution in [1.29, 1.82) is 0 Å². The number of nitrogens with one attached hydrogen (secondary N) is 2. The van der Waals surface area contributed by atoms with Crippen LogP contribution in [0, 0.1) is 0 Å². The third-order valence-electron chi connectivity index (χ3n) is 5.17. The van der Waals surface area contributed by atoms with Crippen molar-refractivity contribution in [2.75, 3.05) is 37.5 Å². The van der Waals surface area contributed by atoms with E-state index in [9.17, 15) is 4.79 Å². The van der Waals surface area contributed by atoms with Crippen molar-refractivity contribution in [3.05, 3.63) is 60.3 Å². The number of aromatic amines is 1. The van der Waals surface area contributed by atoms with Crippen molar-refractivity contribution in [1.82, 2.24) is 10.2 Å². The first kappa shape index (κ1) is 19.0. The van der Waals surface area contributed by atoms with Gasteiger partial charge in [-0.3, -0.25) is 9.89 Å². The van der Waals surface area contributed by atoms with Gasteiger partial charge in [0, 0.05) is 37.1 Å². The molecule has 1 atom stereocenters. The van der Waals surface area contributed by atoms with Crippen molar-refractivity contribution in [3.8, 4) is 17.0 Å². The van der Waals surface area contributed by atoms with Crippen LogP contribution in [0.15, 0.2) is 54.6 Å². The van der Waals surface area contributed by atoms with Gasteiger partial charge in [-0.2, -0.15) is 5.10 Å². The van der Waals surface area contributed by atoms with Crippen LogP contribution in [0.1, 0.15) is 16.9 Å². The molecular formula is C22H24N4O3. The number of carbonyl (C=O) groups excluding carboxylic acids is 1. The van der Waals surface area contributed by atoms with E-state index < -0.39 is 0 Å².